The van der Waals surface area contributed by atoms with Crippen molar-refractivity contribution in [2.24, 2.45) is 0 Å². The van der Waals surface area contributed by atoms with Crippen molar-refractivity contribution in [3.05, 3.63) is 83.5 Å². The first-order valence-electron chi connectivity index (χ1n) is 11.9. The first-order valence-corrected chi connectivity index (χ1v) is 14.7. The Morgan fingerprint density at radius 2 is 1.63 bits per heavy atom. The standard InChI is InChI=1S/C27H33F3N6OS/c1-5-33-26(37)34-23-15-21(18-36(24(23)31)25(32)27(28,29)30)35(16-19-10-7-6-8-11-19)17-20-12-9-13-22(14-20)38(2,3)4/h6-15,18,31-32H,5,16-17H2,1-4H3,(H2,33,34,37). The highest BCUT2D eigenvalue weighted by molar-refractivity contribution is 8.32. The summed E-state index contributed by atoms with van der Waals surface area (Å²) in [7, 11) is -1.01. The molecule has 11 heteroatoms. The summed E-state index contributed by atoms with van der Waals surface area (Å²) in [5.41, 5.74) is 1.41. The molecule has 0 unspecified atom stereocenters. The molecule has 3 rings (SSSR count). The maximum atomic E-state index is 13.6. The second-order valence-corrected chi connectivity index (χ2v) is 13.6. The van der Waals surface area contributed by atoms with Crippen LogP contribution in [0.3, 0.4) is 0 Å². The third kappa shape index (κ3) is 7.41. The van der Waals surface area contributed by atoms with E-state index in [0.29, 0.717) is 29.9 Å². The van der Waals surface area contributed by atoms with Gasteiger partial charge in [-0.15, -0.1) is 0 Å². The number of carbonyl (C=O) groups excluding carboxylic acids is 1. The van der Waals surface area contributed by atoms with Gasteiger partial charge in [0, 0.05) is 25.8 Å². The minimum atomic E-state index is -4.99. The third-order valence-corrected chi connectivity index (χ3v) is 7.37. The monoisotopic (exact) mass is 546 g/mol. The molecule has 4 N–H and O–H groups in total. The highest BCUT2D eigenvalue weighted by Crippen LogP contribution is 2.45. The van der Waals surface area contributed by atoms with Gasteiger partial charge in [-0.2, -0.15) is 13.2 Å². The van der Waals surface area contributed by atoms with Crippen LogP contribution in [0.4, 0.5) is 29.3 Å². The predicted molar refractivity (Wildman–Crippen MR) is 149 cm³/mol. The number of nitrogens with one attached hydrogen (secondary N) is 4. The lowest BCUT2D eigenvalue weighted by atomic mass is 10.1. The minimum Gasteiger partial charge on any atom is -0.362 e. The molecule has 0 radical (unpaired) electrons. The van der Waals surface area contributed by atoms with Crippen molar-refractivity contribution < 1.29 is 18.0 Å². The van der Waals surface area contributed by atoms with E-state index >= 15 is 0 Å². The molecule has 0 spiro atoms. The Morgan fingerprint density at radius 3 is 2.24 bits per heavy atom. The Balaban J connectivity index is 2.16. The molecule has 2 aromatic carbocycles. The Labute approximate surface area is 222 Å². The lowest BCUT2D eigenvalue weighted by Crippen LogP contribution is -2.40. The third-order valence-electron chi connectivity index (χ3n) is 5.70. The summed E-state index contributed by atoms with van der Waals surface area (Å²) < 4.78 is 41.2. The smallest absolute Gasteiger partial charge is 0.362 e. The molecule has 0 saturated carbocycles. The number of alkyl halides is 3. The molecular formula is C27H33F3N6OS. The summed E-state index contributed by atoms with van der Waals surface area (Å²) in [6.45, 7) is 2.70. The first kappa shape index (κ1) is 28.8. The molecule has 0 aliphatic carbocycles. The van der Waals surface area contributed by atoms with Crippen LogP contribution in [0.2, 0.25) is 0 Å². The SMILES string of the molecule is CCNC(=O)Nc1cc(N(Cc2ccccc2)Cc2cccc(S(C)(C)C)c2)cn(C(=N)C(F)(F)F)c1=N. The molecule has 1 heterocycles. The number of pyridine rings is 1. The van der Waals surface area contributed by atoms with Crippen LogP contribution in [-0.4, -0.2) is 47.9 Å². The highest BCUT2D eigenvalue weighted by atomic mass is 32.3. The molecule has 204 valence electrons. The molecule has 1 aromatic heterocycles. The Kier molecular flexibility index (Phi) is 8.93. The first-order chi connectivity index (χ1) is 17.8. The Morgan fingerprint density at radius 1 is 1.00 bits per heavy atom. The number of halogens is 3. The van der Waals surface area contributed by atoms with Crippen molar-refractivity contribution in [1.82, 2.24) is 9.88 Å². The normalized spacial score (nSPS) is 12.1. The summed E-state index contributed by atoms with van der Waals surface area (Å²) in [5.74, 6) is -1.72. The van der Waals surface area contributed by atoms with E-state index in [-0.39, 0.29) is 5.69 Å². The number of nitrogens with zero attached hydrogens (tertiary/aromatic N) is 2. The number of urea groups is 1. The van der Waals surface area contributed by atoms with Gasteiger partial charge in [-0.3, -0.25) is 15.4 Å². The lowest BCUT2D eigenvalue weighted by molar-refractivity contribution is -0.0625. The van der Waals surface area contributed by atoms with Crippen LogP contribution in [0.5, 0.6) is 0 Å². The van der Waals surface area contributed by atoms with Gasteiger partial charge in [0.25, 0.3) is 0 Å². The Bertz CT molecular complexity index is 1350. The topological polar surface area (TPSA) is 97.0 Å². The van der Waals surface area contributed by atoms with Gasteiger partial charge < -0.3 is 15.5 Å². The summed E-state index contributed by atoms with van der Waals surface area (Å²) in [6, 6.07) is 18.4. The van der Waals surface area contributed by atoms with Crippen molar-refractivity contribution in [3.63, 3.8) is 0 Å². The fourth-order valence-corrected chi connectivity index (χ4v) is 4.77. The zero-order chi connectivity index (χ0) is 28.1. The molecule has 0 fully saturated rings. The van der Waals surface area contributed by atoms with Gasteiger partial charge in [0.1, 0.15) is 0 Å². The number of aromatic nitrogens is 1. The maximum absolute atomic E-state index is 13.6. The number of rotatable bonds is 8. The van der Waals surface area contributed by atoms with E-state index in [9.17, 15) is 18.0 Å². The van der Waals surface area contributed by atoms with Gasteiger partial charge in [-0.1, -0.05) is 48.5 Å². The maximum Gasteiger partial charge on any atom is 0.449 e. The van der Waals surface area contributed by atoms with Crippen LogP contribution >= 0.6 is 10.0 Å². The zero-order valence-electron chi connectivity index (χ0n) is 21.8. The van der Waals surface area contributed by atoms with Gasteiger partial charge in [-0.05, 0) is 53.8 Å². The fraction of sp³-hybridized carbons (Fsp3) is 0.296. The minimum absolute atomic E-state index is 0.145. The molecule has 2 amide bonds. The van der Waals surface area contributed by atoms with Crippen LogP contribution < -0.4 is 21.0 Å². The number of hydrogen-bond donors (Lipinski definition) is 4. The van der Waals surface area contributed by atoms with Crippen molar-refractivity contribution in [1.29, 1.82) is 10.8 Å². The quantitative estimate of drug-likeness (QED) is 0.214. The average molecular weight is 547 g/mol. The molecule has 0 aliphatic rings. The van der Waals surface area contributed by atoms with E-state index in [1.807, 2.05) is 47.4 Å². The molecule has 0 bridgehead atoms. The van der Waals surface area contributed by atoms with Crippen LogP contribution in [-0.2, 0) is 13.1 Å². The van der Waals surface area contributed by atoms with E-state index in [0.717, 1.165) is 17.3 Å². The van der Waals surface area contributed by atoms with Gasteiger partial charge in [0.05, 0.1) is 11.4 Å². The van der Waals surface area contributed by atoms with E-state index in [1.54, 1.807) is 6.92 Å². The number of amides is 2. The van der Waals surface area contributed by atoms with Crippen LogP contribution in [0.15, 0.2) is 71.8 Å². The van der Waals surface area contributed by atoms with E-state index in [4.69, 9.17) is 10.8 Å². The van der Waals surface area contributed by atoms with Crippen LogP contribution in [0, 0.1) is 10.8 Å². The predicted octanol–water partition coefficient (Wildman–Crippen LogP) is 5.76. The van der Waals surface area contributed by atoms with Crippen LogP contribution in [0.1, 0.15) is 18.1 Å². The fourth-order valence-electron chi connectivity index (χ4n) is 3.78. The second-order valence-electron chi connectivity index (χ2n) is 9.49. The van der Waals surface area contributed by atoms with Crippen molar-refractivity contribution >= 4 is 33.3 Å². The summed E-state index contributed by atoms with van der Waals surface area (Å²) in [4.78, 5) is 15.3. The van der Waals surface area contributed by atoms with Gasteiger partial charge in [0.15, 0.2) is 5.49 Å². The van der Waals surface area contributed by atoms with E-state index < -0.39 is 33.6 Å². The van der Waals surface area contributed by atoms with Crippen molar-refractivity contribution in [3.8, 4) is 0 Å². The number of benzene rings is 2. The molecular weight excluding hydrogens is 513 g/mol. The van der Waals surface area contributed by atoms with Crippen LogP contribution in [0.25, 0.3) is 0 Å². The number of carbonyl (C=O) groups is 1. The van der Waals surface area contributed by atoms with Gasteiger partial charge in [0.2, 0.25) is 5.84 Å². The van der Waals surface area contributed by atoms with E-state index in [1.165, 1.54) is 11.0 Å². The van der Waals surface area contributed by atoms with Gasteiger partial charge in [-0.25, -0.2) is 14.8 Å². The molecule has 0 saturated heterocycles. The summed E-state index contributed by atoms with van der Waals surface area (Å²) >= 11 is 0. The molecule has 7 nitrogen and oxygen atoms in total. The largest absolute Gasteiger partial charge is 0.449 e. The molecule has 38 heavy (non-hydrogen) atoms. The summed E-state index contributed by atoms with van der Waals surface area (Å²) in [6.07, 6.45) is 2.70. The molecule has 0 aliphatic heterocycles. The van der Waals surface area contributed by atoms with E-state index in [2.05, 4.69) is 41.5 Å². The van der Waals surface area contributed by atoms with Crippen molar-refractivity contribution in [2.45, 2.75) is 31.1 Å². The average Bonchev–Trinajstić information content (AvgIpc) is 2.84. The second kappa shape index (κ2) is 11.8. The zero-order valence-corrected chi connectivity index (χ0v) is 22.6. The Hall–Kier alpha value is -3.73. The number of anilines is 2. The highest BCUT2D eigenvalue weighted by Gasteiger charge is 2.36. The van der Waals surface area contributed by atoms with Crippen molar-refractivity contribution in [2.75, 3.05) is 35.5 Å². The van der Waals surface area contributed by atoms with Gasteiger partial charge >= 0.3 is 12.2 Å². The number of hydrogen-bond acceptors (Lipinski definition) is 4. The molecule has 3 aromatic rings. The summed E-state index contributed by atoms with van der Waals surface area (Å²) in [5, 5.41) is 21.0. The molecule has 0 atom stereocenters. The lowest BCUT2D eigenvalue weighted by Gasteiger charge is -2.29.